The maximum Gasteiger partial charge on any atom is 0.294 e. The summed E-state index contributed by atoms with van der Waals surface area (Å²) in [4.78, 5) is 12.7. The molecule has 2 N–H and O–H groups in total. The molecule has 0 spiro atoms. The molecule has 0 fully saturated rings. The zero-order chi connectivity index (χ0) is 13.5. The maximum atomic E-state index is 10.7. The first kappa shape index (κ1) is 13.8. The molecule has 0 unspecified atom stereocenters. The van der Waals surface area contributed by atoms with Gasteiger partial charge in [0.25, 0.3) is 5.69 Å². The van der Waals surface area contributed by atoms with E-state index in [9.17, 15) is 10.1 Å². The molecule has 0 radical (unpaired) electrons. The second-order valence-corrected chi connectivity index (χ2v) is 3.77. The number of nitro benzene ring substituents is 1. The Balaban J connectivity index is 2.95. The van der Waals surface area contributed by atoms with Crippen LogP contribution in [0.2, 0.25) is 5.02 Å². The van der Waals surface area contributed by atoms with Gasteiger partial charge in [0.15, 0.2) is 0 Å². The minimum absolute atomic E-state index is 0.0597. The smallest absolute Gasteiger partial charge is 0.294 e. The van der Waals surface area contributed by atoms with Crippen molar-refractivity contribution < 1.29 is 4.92 Å². The Bertz CT molecular complexity index is 537. The third-order valence-corrected chi connectivity index (χ3v) is 2.33. The fourth-order valence-corrected chi connectivity index (χ4v) is 1.52. The summed E-state index contributed by atoms with van der Waals surface area (Å²) < 4.78 is 0. The van der Waals surface area contributed by atoms with E-state index in [0.29, 0.717) is 18.5 Å². The molecule has 0 aliphatic heterocycles. The monoisotopic (exact) mass is 267 g/mol. The standard InChI is InChI=1S/C10H10ClN5O2/c11-8-5-7(3-1-2-4-14-15-13)10(12)9(6-8)16(17)18/h1,3,5-6H,2,4,12H2. The molecule has 0 bridgehead atoms. The Morgan fingerprint density at radius 3 is 2.94 bits per heavy atom. The molecule has 1 aromatic rings. The summed E-state index contributed by atoms with van der Waals surface area (Å²) in [6, 6.07) is 2.74. The van der Waals surface area contributed by atoms with Crippen LogP contribution in [0.4, 0.5) is 11.4 Å². The highest BCUT2D eigenvalue weighted by Crippen LogP contribution is 2.30. The van der Waals surface area contributed by atoms with Crippen molar-refractivity contribution in [2.45, 2.75) is 6.42 Å². The first-order valence-electron chi connectivity index (χ1n) is 4.97. The number of hydrogen-bond acceptors (Lipinski definition) is 4. The number of halogens is 1. The second-order valence-electron chi connectivity index (χ2n) is 3.33. The lowest BCUT2D eigenvalue weighted by Gasteiger charge is -2.02. The lowest BCUT2D eigenvalue weighted by Crippen LogP contribution is -1.98. The first-order valence-corrected chi connectivity index (χ1v) is 5.35. The summed E-state index contributed by atoms with van der Waals surface area (Å²) >= 11 is 5.77. The Hall–Kier alpha value is -2.24. The molecule has 0 saturated carbocycles. The summed E-state index contributed by atoms with van der Waals surface area (Å²) in [5.41, 5.74) is 14.0. The molecular formula is C10H10ClN5O2. The van der Waals surface area contributed by atoms with E-state index in [2.05, 4.69) is 10.0 Å². The van der Waals surface area contributed by atoms with Crippen LogP contribution in [0.5, 0.6) is 0 Å². The highest BCUT2D eigenvalue weighted by molar-refractivity contribution is 6.31. The number of azide groups is 1. The Labute approximate surface area is 108 Å². The minimum atomic E-state index is -0.585. The van der Waals surface area contributed by atoms with Gasteiger partial charge < -0.3 is 5.73 Å². The van der Waals surface area contributed by atoms with Gasteiger partial charge in [-0.1, -0.05) is 28.9 Å². The van der Waals surface area contributed by atoms with E-state index in [-0.39, 0.29) is 16.4 Å². The molecule has 8 heteroatoms. The molecule has 0 saturated heterocycles. The van der Waals surface area contributed by atoms with Gasteiger partial charge in [0.2, 0.25) is 0 Å². The van der Waals surface area contributed by atoms with Gasteiger partial charge >= 0.3 is 0 Å². The van der Waals surface area contributed by atoms with Crippen LogP contribution < -0.4 is 5.73 Å². The summed E-state index contributed by atoms with van der Waals surface area (Å²) in [7, 11) is 0. The fourth-order valence-electron chi connectivity index (χ4n) is 1.30. The van der Waals surface area contributed by atoms with Crippen molar-refractivity contribution in [1.82, 2.24) is 0 Å². The zero-order valence-electron chi connectivity index (χ0n) is 9.28. The van der Waals surface area contributed by atoms with E-state index in [0.717, 1.165) is 0 Å². The molecule has 0 aliphatic carbocycles. The Kier molecular flexibility index (Phi) is 4.98. The van der Waals surface area contributed by atoms with Gasteiger partial charge in [-0.25, -0.2) is 0 Å². The highest BCUT2D eigenvalue weighted by atomic mass is 35.5. The number of hydrogen-bond donors (Lipinski definition) is 1. The van der Waals surface area contributed by atoms with Crippen LogP contribution in [0.3, 0.4) is 0 Å². The van der Waals surface area contributed by atoms with Crippen LogP contribution in [-0.4, -0.2) is 11.5 Å². The molecule has 1 aromatic carbocycles. The molecule has 0 atom stereocenters. The third-order valence-electron chi connectivity index (χ3n) is 2.11. The van der Waals surface area contributed by atoms with Gasteiger partial charge in [-0.15, -0.1) is 0 Å². The normalized spacial score (nSPS) is 10.3. The molecule has 7 nitrogen and oxygen atoms in total. The van der Waals surface area contributed by atoms with Crippen molar-refractivity contribution in [2.24, 2.45) is 5.11 Å². The van der Waals surface area contributed by atoms with Crippen molar-refractivity contribution in [2.75, 3.05) is 12.3 Å². The zero-order valence-corrected chi connectivity index (χ0v) is 10.0. The summed E-state index contributed by atoms with van der Waals surface area (Å²) in [5, 5.41) is 14.3. The van der Waals surface area contributed by atoms with Gasteiger partial charge in [-0.2, -0.15) is 0 Å². The average molecular weight is 268 g/mol. The average Bonchev–Trinajstić information content (AvgIpc) is 2.32. The highest BCUT2D eigenvalue weighted by Gasteiger charge is 2.15. The molecule has 0 heterocycles. The minimum Gasteiger partial charge on any atom is -0.393 e. The van der Waals surface area contributed by atoms with Crippen LogP contribution in [0.25, 0.3) is 16.5 Å². The van der Waals surface area contributed by atoms with Crippen molar-refractivity contribution in [3.8, 4) is 0 Å². The largest absolute Gasteiger partial charge is 0.393 e. The van der Waals surface area contributed by atoms with Gasteiger partial charge in [0.05, 0.1) is 4.92 Å². The fraction of sp³-hybridized carbons (Fsp3) is 0.200. The Morgan fingerprint density at radius 2 is 2.33 bits per heavy atom. The van der Waals surface area contributed by atoms with Gasteiger partial charge in [0, 0.05) is 28.1 Å². The van der Waals surface area contributed by atoms with E-state index in [1.165, 1.54) is 12.1 Å². The predicted octanol–water partition coefficient (Wildman–Crippen LogP) is 3.54. The number of anilines is 1. The van der Waals surface area contributed by atoms with E-state index in [1.54, 1.807) is 12.2 Å². The molecule has 94 valence electrons. The Morgan fingerprint density at radius 1 is 1.61 bits per heavy atom. The second kappa shape index (κ2) is 6.48. The number of nitro groups is 1. The van der Waals surface area contributed by atoms with E-state index >= 15 is 0 Å². The lowest BCUT2D eigenvalue weighted by atomic mass is 10.1. The number of rotatable bonds is 5. The summed E-state index contributed by atoms with van der Waals surface area (Å²) in [5.74, 6) is 0. The molecule has 0 aliphatic rings. The van der Waals surface area contributed by atoms with Crippen LogP contribution in [0.1, 0.15) is 12.0 Å². The maximum absolute atomic E-state index is 10.7. The van der Waals surface area contributed by atoms with Crippen molar-refractivity contribution in [1.29, 1.82) is 0 Å². The molecular weight excluding hydrogens is 258 g/mol. The van der Waals surface area contributed by atoms with E-state index in [1.807, 2.05) is 0 Å². The van der Waals surface area contributed by atoms with Crippen LogP contribution in [0.15, 0.2) is 23.3 Å². The predicted molar refractivity (Wildman–Crippen MR) is 70.2 cm³/mol. The molecule has 1 rings (SSSR count). The SMILES string of the molecule is [N-]=[N+]=NCCC=Cc1cc(Cl)cc([N+](=O)[O-])c1N. The number of nitrogens with two attached hydrogens (primary N) is 1. The van der Waals surface area contributed by atoms with E-state index < -0.39 is 4.92 Å². The molecule has 0 amide bonds. The number of benzene rings is 1. The summed E-state index contributed by atoms with van der Waals surface area (Å²) in [6.45, 7) is 0.315. The van der Waals surface area contributed by atoms with Crippen molar-refractivity contribution in [3.63, 3.8) is 0 Å². The summed E-state index contributed by atoms with van der Waals surface area (Å²) in [6.07, 6.45) is 3.84. The topological polar surface area (TPSA) is 118 Å². The lowest BCUT2D eigenvalue weighted by molar-refractivity contribution is -0.383. The quantitative estimate of drug-likeness (QED) is 0.167. The first-order chi connectivity index (χ1) is 8.56. The van der Waals surface area contributed by atoms with E-state index in [4.69, 9.17) is 22.9 Å². The number of nitrogen functional groups attached to an aromatic ring is 1. The van der Waals surface area contributed by atoms with Crippen molar-refractivity contribution in [3.05, 3.63) is 49.4 Å². The van der Waals surface area contributed by atoms with Crippen LogP contribution in [0, 0.1) is 10.1 Å². The van der Waals surface area contributed by atoms with Gasteiger partial charge in [-0.05, 0) is 18.0 Å². The van der Waals surface area contributed by atoms with Crippen molar-refractivity contribution >= 4 is 29.1 Å². The number of nitrogens with zero attached hydrogens (tertiary/aromatic N) is 4. The van der Waals surface area contributed by atoms with Crippen LogP contribution >= 0.6 is 11.6 Å². The molecule has 18 heavy (non-hydrogen) atoms. The molecule has 0 aromatic heterocycles. The van der Waals surface area contributed by atoms with Gasteiger partial charge in [-0.3, -0.25) is 10.1 Å². The van der Waals surface area contributed by atoms with Crippen LogP contribution in [-0.2, 0) is 0 Å². The third kappa shape index (κ3) is 3.65. The van der Waals surface area contributed by atoms with Gasteiger partial charge in [0.1, 0.15) is 5.69 Å².